The maximum Gasteiger partial charge on any atom is 0.251 e. The zero-order valence-electron chi connectivity index (χ0n) is 11.7. The third-order valence-corrected chi connectivity index (χ3v) is 3.97. The summed E-state index contributed by atoms with van der Waals surface area (Å²) in [5, 5.41) is 3.15. The number of carbonyl (C=O) groups is 1. The molecular formula is C16H24N2O. The molecule has 1 saturated carbocycles. The number of nitrogens with two attached hydrogens (primary N) is 1. The molecule has 104 valence electrons. The Bertz CT molecular complexity index is 423. The second-order valence-corrected chi connectivity index (χ2v) is 5.67. The van der Waals surface area contributed by atoms with Gasteiger partial charge in [-0.3, -0.25) is 4.79 Å². The van der Waals surface area contributed by atoms with Crippen LogP contribution in [0.1, 0.15) is 48.5 Å². The monoisotopic (exact) mass is 260 g/mol. The van der Waals surface area contributed by atoms with E-state index in [2.05, 4.69) is 12.2 Å². The molecule has 19 heavy (non-hydrogen) atoms. The van der Waals surface area contributed by atoms with E-state index in [0.717, 1.165) is 36.3 Å². The van der Waals surface area contributed by atoms with E-state index in [1.54, 1.807) is 0 Å². The van der Waals surface area contributed by atoms with Crippen LogP contribution in [0.3, 0.4) is 0 Å². The van der Waals surface area contributed by atoms with Crippen molar-refractivity contribution in [3.63, 3.8) is 0 Å². The molecule has 0 radical (unpaired) electrons. The van der Waals surface area contributed by atoms with Gasteiger partial charge in [-0.1, -0.05) is 19.1 Å². The van der Waals surface area contributed by atoms with E-state index in [0.29, 0.717) is 12.6 Å². The lowest BCUT2D eigenvalue weighted by Crippen LogP contribution is -2.37. The Labute approximate surface area is 115 Å². The molecule has 3 N–H and O–H groups in total. The van der Waals surface area contributed by atoms with E-state index in [-0.39, 0.29) is 5.91 Å². The third-order valence-electron chi connectivity index (χ3n) is 3.97. The van der Waals surface area contributed by atoms with E-state index in [9.17, 15) is 4.79 Å². The van der Waals surface area contributed by atoms with Crippen LogP contribution in [0.2, 0.25) is 0 Å². The number of hydrogen-bond donors (Lipinski definition) is 2. The minimum Gasteiger partial charge on any atom is -0.349 e. The summed E-state index contributed by atoms with van der Waals surface area (Å²) in [6.07, 6.45) is 5.48. The van der Waals surface area contributed by atoms with Crippen LogP contribution in [0.15, 0.2) is 24.3 Å². The Balaban J connectivity index is 1.94. The summed E-state index contributed by atoms with van der Waals surface area (Å²) in [4.78, 5) is 12.2. The Morgan fingerprint density at radius 3 is 2.74 bits per heavy atom. The lowest BCUT2D eigenvalue weighted by atomic mass is 9.87. The molecule has 1 amide bonds. The molecule has 2 rings (SSSR count). The summed E-state index contributed by atoms with van der Waals surface area (Å²) in [6, 6.07) is 8.13. The highest BCUT2D eigenvalue weighted by atomic mass is 16.1. The van der Waals surface area contributed by atoms with Crippen LogP contribution in [0.4, 0.5) is 0 Å². The van der Waals surface area contributed by atoms with Crippen molar-refractivity contribution in [3.05, 3.63) is 35.4 Å². The van der Waals surface area contributed by atoms with Crippen LogP contribution < -0.4 is 11.1 Å². The van der Waals surface area contributed by atoms with E-state index >= 15 is 0 Å². The molecule has 3 heteroatoms. The summed E-state index contributed by atoms with van der Waals surface area (Å²) in [7, 11) is 0. The Hall–Kier alpha value is -1.35. The zero-order valence-corrected chi connectivity index (χ0v) is 11.7. The standard InChI is InChI=1S/C16H24N2O/c1-12-5-7-15(8-6-12)18-16(19)14-4-2-3-13(11-14)9-10-17/h2-4,11-12,15H,5-10,17H2,1H3,(H,18,19). The van der Waals surface area contributed by atoms with Crippen LogP contribution in [0.25, 0.3) is 0 Å². The first-order valence-corrected chi connectivity index (χ1v) is 7.29. The molecule has 1 fully saturated rings. The molecule has 3 nitrogen and oxygen atoms in total. The maximum atomic E-state index is 12.2. The predicted molar refractivity (Wildman–Crippen MR) is 78.1 cm³/mol. The van der Waals surface area contributed by atoms with Crippen molar-refractivity contribution in [1.29, 1.82) is 0 Å². The van der Waals surface area contributed by atoms with E-state index in [1.165, 1.54) is 12.8 Å². The zero-order chi connectivity index (χ0) is 13.7. The van der Waals surface area contributed by atoms with Gasteiger partial charge in [-0.05, 0) is 62.3 Å². The number of amides is 1. The van der Waals surface area contributed by atoms with Gasteiger partial charge in [0, 0.05) is 11.6 Å². The van der Waals surface area contributed by atoms with E-state index < -0.39 is 0 Å². The van der Waals surface area contributed by atoms with Gasteiger partial charge in [-0.15, -0.1) is 0 Å². The molecule has 0 unspecified atom stereocenters. The maximum absolute atomic E-state index is 12.2. The van der Waals surface area contributed by atoms with E-state index in [1.807, 2.05) is 24.3 Å². The largest absolute Gasteiger partial charge is 0.349 e. The first kappa shape index (κ1) is 14.1. The summed E-state index contributed by atoms with van der Waals surface area (Å²) in [6.45, 7) is 2.90. The van der Waals surface area contributed by atoms with Crippen LogP contribution in [-0.4, -0.2) is 18.5 Å². The van der Waals surface area contributed by atoms with Crippen LogP contribution in [0.5, 0.6) is 0 Å². The average Bonchev–Trinajstić information content (AvgIpc) is 2.42. The van der Waals surface area contributed by atoms with Gasteiger partial charge in [-0.25, -0.2) is 0 Å². The van der Waals surface area contributed by atoms with Gasteiger partial charge >= 0.3 is 0 Å². The number of carbonyl (C=O) groups excluding carboxylic acids is 1. The minimum atomic E-state index is 0.0541. The molecule has 1 aromatic rings. The second kappa shape index (κ2) is 6.71. The Kier molecular flexibility index (Phi) is 4.97. The fraction of sp³-hybridized carbons (Fsp3) is 0.562. The first-order valence-electron chi connectivity index (χ1n) is 7.29. The summed E-state index contributed by atoms with van der Waals surface area (Å²) >= 11 is 0. The van der Waals surface area contributed by atoms with Crippen molar-refractivity contribution in [2.45, 2.75) is 45.1 Å². The molecule has 0 aliphatic heterocycles. The fourth-order valence-electron chi connectivity index (χ4n) is 2.71. The molecule has 0 saturated heterocycles. The highest BCUT2D eigenvalue weighted by molar-refractivity contribution is 5.94. The molecule has 1 aromatic carbocycles. The van der Waals surface area contributed by atoms with Gasteiger partial charge in [0.25, 0.3) is 5.91 Å². The lowest BCUT2D eigenvalue weighted by Gasteiger charge is -2.26. The van der Waals surface area contributed by atoms with Crippen molar-refractivity contribution in [2.75, 3.05) is 6.54 Å². The normalized spacial score (nSPS) is 23.1. The minimum absolute atomic E-state index is 0.0541. The molecule has 0 aromatic heterocycles. The average molecular weight is 260 g/mol. The molecule has 0 spiro atoms. The highest BCUT2D eigenvalue weighted by Crippen LogP contribution is 2.23. The van der Waals surface area contributed by atoms with Gasteiger partial charge in [-0.2, -0.15) is 0 Å². The SMILES string of the molecule is CC1CCC(NC(=O)c2cccc(CCN)c2)CC1. The van der Waals surface area contributed by atoms with Crippen LogP contribution >= 0.6 is 0 Å². The van der Waals surface area contributed by atoms with Gasteiger partial charge in [0.2, 0.25) is 0 Å². The number of rotatable bonds is 4. The lowest BCUT2D eigenvalue weighted by molar-refractivity contribution is 0.0923. The molecule has 1 aliphatic rings. The van der Waals surface area contributed by atoms with Gasteiger partial charge in [0.15, 0.2) is 0 Å². The summed E-state index contributed by atoms with van der Waals surface area (Å²) in [5.41, 5.74) is 7.43. The van der Waals surface area contributed by atoms with Crippen molar-refractivity contribution in [1.82, 2.24) is 5.32 Å². The van der Waals surface area contributed by atoms with Gasteiger partial charge in [0.05, 0.1) is 0 Å². The van der Waals surface area contributed by atoms with Crippen molar-refractivity contribution < 1.29 is 4.79 Å². The second-order valence-electron chi connectivity index (χ2n) is 5.67. The highest BCUT2D eigenvalue weighted by Gasteiger charge is 2.20. The molecule has 1 aliphatic carbocycles. The van der Waals surface area contributed by atoms with Crippen molar-refractivity contribution >= 4 is 5.91 Å². The van der Waals surface area contributed by atoms with Crippen LogP contribution in [-0.2, 0) is 6.42 Å². The summed E-state index contributed by atoms with van der Waals surface area (Å²) < 4.78 is 0. The molecular weight excluding hydrogens is 236 g/mol. The predicted octanol–water partition coefficient (Wildman–Crippen LogP) is 2.50. The topological polar surface area (TPSA) is 55.1 Å². The Morgan fingerprint density at radius 1 is 1.32 bits per heavy atom. The van der Waals surface area contributed by atoms with Gasteiger partial charge in [0.1, 0.15) is 0 Å². The molecule has 0 bridgehead atoms. The molecule has 0 atom stereocenters. The number of hydrogen-bond acceptors (Lipinski definition) is 2. The van der Waals surface area contributed by atoms with Gasteiger partial charge < -0.3 is 11.1 Å². The fourth-order valence-corrected chi connectivity index (χ4v) is 2.71. The number of nitrogens with one attached hydrogen (secondary N) is 1. The quantitative estimate of drug-likeness (QED) is 0.874. The third kappa shape index (κ3) is 4.06. The smallest absolute Gasteiger partial charge is 0.251 e. The molecule has 0 heterocycles. The van der Waals surface area contributed by atoms with Crippen molar-refractivity contribution in [3.8, 4) is 0 Å². The van der Waals surface area contributed by atoms with E-state index in [4.69, 9.17) is 5.73 Å². The number of benzene rings is 1. The van der Waals surface area contributed by atoms with Crippen molar-refractivity contribution in [2.24, 2.45) is 11.7 Å². The Morgan fingerprint density at radius 2 is 2.05 bits per heavy atom. The summed E-state index contributed by atoms with van der Waals surface area (Å²) in [5.74, 6) is 0.861. The first-order chi connectivity index (χ1) is 9.19. The van der Waals surface area contributed by atoms with Crippen LogP contribution in [0, 0.1) is 5.92 Å².